The average Bonchev–Trinajstić information content (AvgIpc) is 2.15. The quantitative estimate of drug-likeness (QED) is 0.784. The van der Waals surface area contributed by atoms with Gasteiger partial charge in [-0.25, -0.2) is 17.6 Å². The van der Waals surface area contributed by atoms with Crippen LogP contribution in [0.25, 0.3) is 0 Å². The van der Waals surface area contributed by atoms with E-state index < -0.39 is 33.3 Å². The monoisotopic (exact) mass is 260 g/mol. The molecule has 0 atom stereocenters. The van der Waals surface area contributed by atoms with Crippen molar-refractivity contribution in [3.05, 3.63) is 30.1 Å². The number of nitrogens with one attached hydrogen (secondary N) is 1. The lowest BCUT2D eigenvalue weighted by molar-refractivity contribution is -0.117. The van der Waals surface area contributed by atoms with Crippen LogP contribution in [0.5, 0.6) is 0 Å². The molecule has 8 heteroatoms. The maximum atomic E-state index is 12.8. The molecular weight excluding hydrogens is 251 g/mol. The third-order valence-corrected chi connectivity index (χ3v) is 3.35. The van der Waals surface area contributed by atoms with Gasteiger partial charge in [0, 0.05) is 0 Å². The van der Waals surface area contributed by atoms with Crippen molar-refractivity contribution in [2.45, 2.75) is 4.90 Å². The van der Waals surface area contributed by atoms with Gasteiger partial charge in [-0.3, -0.25) is 10.1 Å². The Morgan fingerprint density at radius 2 is 2.00 bits per heavy atom. The van der Waals surface area contributed by atoms with Crippen LogP contribution in [-0.2, 0) is 14.6 Å². The van der Waals surface area contributed by atoms with E-state index in [0.717, 1.165) is 18.2 Å². The summed E-state index contributed by atoms with van der Waals surface area (Å²) in [6.07, 6.45) is 0. The van der Waals surface area contributed by atoms with Crippen molar-refractivity contribution in [2.75, 3.05) is 5.75 Å². The van der Waals surface area contributed by atoms with Crippen molar-refractivity contribution in [1.82, 2.24) is 5.32 Å². The van der Waals surface area contributed by atoms with Crippen LogP contribution in [0.2, 0.25) is 0 Å². The molecule has 6 nitrogen and oxygen atoms in total. The first-order valence-electron chi connectivity index (χ1n) is 4.39. The van der Waals surface area contributed by atoms with Crippen LogP contribution in [0, 0.1) is 5.82 Å². The predicted molar refractivity (Wildman–Crippen MR) is 56.2 cm³/mol. The van der Waals surface area contributed by atoms with Gasteiger partial charge in [0.05, 0.1) is 4.90 Å². The molecule has 0 bridgehead atoms. The molecule has 0 spiro atoms. The zero-order valence-electron chi connectivity index (χ0n) is 8.51. The largest absolute Gasteiger partial charge is 0.351 e. The Balaban J connectivity index is 2.90. The summed E-state index contributed by atoms with van der Waals surface area (Å²) in [5.74, 6) is -2.78. The molecule has 0 unspecified atom stereocenters. The molecule has 0 radical (unpaired) electrons. The van der Waals surface area contributed by atoms with Gasteiger partial charge in [-0.2, -0.15) is 0 Å². The molecule has 1 aromatic rings. The van der Waals surface area contributed by atoms with E-state index >= 15 is 0 Å². The summed E-state index contributed by atoms with van der Waals surface area (Å²) in [7, 11) is -3.99. The number of imide groups is 1. The highest BCUT2D eigenvalue weighted by Crippen LogP contribution is 2.12. The number of hydrogen-bond acceptors (Lipinski definition) is 4. The summed E-state index contributed by atoms with van der Waals surface area (Å²) in [6.45, 7) is 0. The van der Waals surface area contributed by atoms with Crippen molar-refractivity contribution in [3.63, 3.8) is 0 Å². The minimum Gasteiger partial charge on any atom is -0.351 e. The van der Waals surface area contributed by atoms with Gasteiger partial charge in [-0.1, -0.05) is 6.07 Å². The van der Waals surface area contributed by atoms with Crippen molar-refractivity contribution >= 4 is 21.8 Å². The van der Waals surface area contributed by atoms with Crippen LogP contribution in [0.3, 0.4) is 0 Å². The molecule has 0 aliphatic carbocycles. The van der Waals surface area contributed by atoms with Crippen molar-refractivity contribution in [2.24, 2.45) is 5.73 Å². The van der Waals surface area contributed by atoms with E-state index in [-0.39, 0.29) is 4.90 Å². The summed E-state index contributed by atoms with van der Waals surface area (Å²) in [6, 6.07) is 3.06. The van der Waals surface area contributed by atoms with Crippen LogP contribution in [0.4, 0.5) is 9.18 Å². The minimum absolute atomic E-state index is 0.336. The van der Waals surface area contributed by atoms with E-state index in [0.29, 0.717) is 0 Å². The minimum atomic E-state index is -3.99. The number of benzene rings is 1. The number of primary amides is 1. The van der Waals surface area contributed by atoms with Crippen LogP contribution >= 0.6 is 0 Å². The van der Waals surface area contributed by atoms with Gasteiger partial charge in [0.25, 0.3) is 0 Å². The van der Waals surface area contributed by atoms with Gasteiger partial charge in [0.2, 0.25) is 5.91 Å². The van der Waals surface area contributed by atoms with Crippen molar-refractivity contribution < 1.29 is 22.4 Å². The van der Waals surface area contributed by atoms with Crippen LogP contribution in [0.15, 0.2) is 29.2 Å². The molecule has 17 heavy (non-hydrogen) atoms. The van der Waals surface area contributed by atoms with Gasteiger partial charge in [0.15, 0.2) is 9.84 Å². The van der Waals surface area contributed by atoms with Crippen LogP contribution in [0.1, 0.15) is 0 Å². The first-order valence-corrected chi connectivity index (χ1v) is 6.04. The van der Waals surface area contributed by atoms with Crippen LogP contribution in [-0.4, -0.2) is 26.1 Å². The van der Waals surface area contributed by atoms with Crippen molar-refractivity contribution in [3.8, 4) is 0 Å². The lowest BCUT2D eigenvalue weighted by Gasteiger charge is -2.03. The summed E-state index contributed by atoms with van der Waals surface area (Å²) < 4.78 is 36.0. The Hall–Kier alpha value is -1.96. The summed E-state index contributed by atoms with van der Waals surface area (Å²) in [5.41, 5.74) is 4.65. The number of rotatable bonds is 3. The number of urea groups is 1. The molecule has 0 aliphatic rings. The van der Waals surface area contributed by atoms with Gasteiger partial charge in [-0.05, 0) is 18.2 Å². The molecule has 0 heterocycles. The topological polar surface area (TPSA) is 106 Å². The Labute approximate surface area is 96.5 Å². The first-order chi connectivity index (χ1) is 7.81. The normalized spacial score (nSPS) is 10.9. The number of sulfone groups is 1. The lowest BCUT2D eigenvalue weighted by atomic mass is 10.4. The molecular formula is C9H9FN2O4S. The summed E-state index contributed by atoms with van der Waals surface area (Å²) >= 11 is 0. The fourth-order valence-corrected chi connectivity index (χ4v) is 2.25. The highest BCUT2D eigenvalue weighted by atomic mass is 32.2. The van der Waals surface area contributed by atoms with Crippen LogP contribution < -0.4 is 11.1 Å². The number of carbonyl (C=O) groups is 2. The molecule has 3 N–H and O–H groups in total. The molecule has 0 fully saturated rings. The maximum Gasteiger partial charge on any atom is 0.318 e. The zero-order valence-corrected chi connectivity index (χ0v) is 9.33. The number of nitrogens with two attached hydrogens (primary N) is 1. The zero-order chi connectivity index (χ0) is 13.1. The van der Waals surface area contributed by atoms with Gasteiger partial charge < -0.3 is 5.73 Å². The highest BCUT2D eigenvalue weighted by Gasteiger charge is 2.20. The number of halogens is 1. The third-order valence-electron chi connectivity index (χ3n) is 1.74. The second kappa shape index (κ2) is 4.91. The molecule has 3 amide bonds. The Kier molecular flexibility index (Phi) is 3.79. The molecule has 1 aromatic carbocycles. The molecule has 0 saturated carbocycles. The van der Waals surface area contributed by atoms with Gasteiger partial charge >= 0.3 is 6.03 Å². The van der Waals surface area contributed by atoms with E-state index in [9.17, 15) is 22.4 Å². The second-order valence-corrected chi connectivity index (χ2v) is 5.12. The van der Waals surface area contributed by atoms with E-state index in [2.05, 4.69) is 5.73 Å². The Bertz CT molecular complexity index is 556. The smallest absolute Gasteiger partial charge is 0.318 e. The van der Waals surface area contributed by atoms with E-state index in [1.807, 2.05) is 0 Å². The molecule has 0 aromatic heterocycles. The van der Waals surface area contributed by atoms with Gasteiger partial charge in [0.1, 0.15) is 11.6 Å². The molecule has 0 aliphatic heterocycles. The maximum absolute atomic E-state index is 12.8. The van der Waals surface area contributed by atoms with Crippen molar-refractivity contribution in [1.29, 1.82) is 0 Å². The summed E-state index contributed by atoms with van der Waals surface area (Å²) in [5, 5.41) is 1.61. The SMILES string of the molecule is NC(=O)NC(=O)CS(=O)(=O)c1cccc(F)c1. The Morgan fingerprint density at radius 1 is 1.35 bits per heavy atom. The molecule has 1 rings (SSSR count). The molecule has 92 valence electrons. The number of hydrogen-bond donors (Lipinski definition) is 2. The lowest BCUT2D eigenvalue weighted by Crippen LogP contribution is -2.38. The van der Waals surface area contributed by atoms with E-state index in [1.165, 1.54) is 6.07 Å². The fraction of sp³-hybridized carbons (Fsp3) is 0.111. The first kappa shape index (κ1) is 13.1. The van der Waals surface area contributed by atoms with Gasteiger partial charge in [-0.15, -0.1) is 0 Å². The fourth-order valence-electron chi connectivity index (χ4n) is 1.09. The summed E-state index contributed by atoms with van der Waals surface area (Å²) in [4.78, 5) is 21.0. The average molecular weight is 260 g/mol. The highest BCUT2D eigenvalue weighted by molar-refractivity contribution is 7.92. The predicted octanol–water partition coefficient (Wildman–Crippen LogP) is -0.206. The Morgan fingerprint density at radius 3 is 2.53 bits per heavy atom. The standard InChI is InChI=1S/C9H9FN2O4S/c10-6-2-1-3-7(4-6)17(15,16)5-8(13)12-9(11)14/h1-4H,5H2,(H3,11,12,13,14). The number of carbonyl (C=O) groups excluding carboxylic acids is 2. The third kappa shape index (κ3) is 3.83. The second-order valence-electron chi connectivity index (χ2n) is 3.13. The number of amides is 3. The van der Waals surface area contributed by atoms with E-state index in [4.69, 9.17) is 0 Å². The van der Waals surface area contributed by atoms with E-state index in [1.54, 1.807) is 5.32 Å². The molecule has 0 saturated heterocycles.